The molecule has 0 radical (unpaired) electrons. The van der Waals surface area contributed by atoms with Gasteiger partial charge < -0.3 is 12.0 Å². The fraction of sp³-hybridized carbons (Fsp3) is 0.167. The van der Waals surface area contributed by atoms with E-state index in [-0.39, 0.29) is 6.61 Å². The van der Waals surface area contributed by atoms with Crippen LogP contribution in [0.25, 0.3) is 11.1 Å². The molecule has 0 spiro atoms. The molecule has 5 heteroatoms. The first-order valence-corrected chi connectivity index (χ1v) is 7.37. The fourth-order valence-electron chi connectivity index (χ4n) is 1.86. The van der Waals surface area contributed by atoms with Crippen LogP contribution in [0.4, 0.5) is 0 Å². The normalized spacial score (nSPS) is 10.6. The molecular weight excluding hydrogens is 337 g/mol. The fourth-order valence-corrected chi connectivity index (χ4v) is 2.10. The first kappa shape index (κ1) is 19.1. The van der Waals surface area contributed by atoms with E-state index in [1.165, 1.54) is 0 Å². The van der Waals surface area contributed by atoms with Crippen molar-refractivity contribution < 1.29 is 30.1 Å². The molecule has 0 fully saturated rings. The molecule has 0 saturated carbocycles. The third-order valence-corrected chi connectivity index (χ3v) is 3.33. The first-order valence-electron chi connectivity index (χ1n) is 6.80. The molecule has 0 aliphatic rings. The van der Waals surface area contributed by atoms with Gasteiger partial charge >= 0.3 is 125 Å². The first-order chi connectivity index (χ1) is 11.1. The molecule has 2 aromatic carbocycles. The van der Waals surface area contributed by atoms with Gasteiger partial charge in [0.25, 0.3) is 0 Å². The molecule has 4 nitrogen and oxygen atoms in total. The van der Waals surface area contributed by atoms with E-state index in [0.29, 0.717) is 5.71 Å². The predicted octanol–water partition coefficient (Wildman–Crippen LogP) is 2.87. The second-order valence-corrected chi connectivity index (χ2v) is 4.73. The Labute approximate surface area is 144 Å². The molecule has 0 aliphatic heterocycles. The number of hydrogen-bond donors (Lipinski definition) is 2. The summed E-state index contributed by atoms with van der Waals surface area (Å²) in [5.74, 6) is 0.775. The molecule has 126 valence electrons. The smallest absolute Gasteiger partial charge is 0.0827 e. The van der Waals surface area contributed by atoms with Crippen molar-refractivity contribution in [2.24, 2.45) is 5.16 Å². The van der Waals surface area contributed by atoms with Crippen LogP contribution in [-0.4, -0.2) is 34.7 Å². The molecule has 2 aromatic rings. The average molecular weight is 356 g/mol. The van der Waals surface area contributed by atoms with E-state index in [1.807, 2.05) is 30.3 Å². The molecule has 0 amide bonds. The number of ether oxygens (including phenoxy) is 1. The van der Waals surface area contributed by atoms with Crippen LogP contribution in [0.3, 0.4) is 0 Å². The largest absolute Gasteiger partial charge is 0.428 e. The number of aliphatic hydroxyl groups is 1. The molecule has 0 unspecified atom stereocenters. The van der Waals surface area contributed by atoms with E-state index in [2.05, 4.69) is 18.1 Å². The molecule has 2 rings (SSSR count). The van der Waals surface area contributed by atoms with Gasteiger partial charge in [-0.2, -0.15) is 0 Å². The van der Waals surface area contributed by atoms with E-state index in [4.69, 9.17) is 30.1 Å². The molecule has 0 saturated heterocycles. The summed E-state index contributed by atoms with van der Waals surface area (Å²) in [5, 5.41) is 19.4. The Morgan fingerprint density at radius 1 is 1.39 bits per heavy atom. The van der Waals surface area contributed by atoms with Gasteiger partial charge in [-0.15, -0.1) is 0 Å². The van der Waals surface area contributed by atoms with Crippen molar-refractivity contribution in [1.82, 2.24) is 0 Å². The predicted molar refractivity (Wildman–Crippen MR) is 88.9 cm³/mol. The maximum Gasteiger partial charge on any atom is -0.0827 e. The van der Waals surface area contributed by atoms with Crippen LogP contribution in [0.2, 0.25) is 0 Å². The summed E-state index contributed by atoms with van der Waals surface area (Å²) in [7, 11) is 1.63. The third kappa shape index (κ3) is 5.31. The molecule has 0 bridgehead atoms. The van der Waals surface area contributed by atoms with Crippen LogP contribution in [0.1, 0.15) is 18.1 Å². The zero-order valence-electron chi connectivity index (χ0n) is 13.0. The molecule has 0 aromatic heterocycles. The monoisotopic (exact) mass is 355 g/mol. The molecule has 0 heterocycles. The summed E-state index contributed by atoms with van der Waals surface area (Å²) in [6.45, 7) is 4.78. The zero-order chi connectivity index (χ0) is 17.2. The molecular formula is C18H19NNiO3-2. The van der Waals surface area contributed by atoms with E-state index < -0.39 is 0 Å². The molecule has 2 N–H and O–H groups in total. The van der Waals surface area contributed by atoms with Crippen molar-refractivity contribution in [1.29, 1.82) is 0 Å². The second-order valence-electron chi connectivity index (χ2n) is 4.44. The molecule has 23 heavy (non-hydrogen) atoms. The van der Waals surface area contributed by atoms with Gasteiger partial charge in [-0.1, -0.05) is 6.61 Å². The topological polar surface area (TPSA) is 62.0 Å². The van der Waals surface area contributed by atoms with E-state index >= 15 is 0 Å². The second kappa shape index (κ2) is 9.93. The quantitative estimate of drug-likeness (QED) is 0.291. The number of rotatable bonds is 4. The Hall–Kier alpha value is -1.97. The van der Waals surface area contributed by atoms with Gasteiger partial charge in [0, 0.05) is 0 Å². The van der Waals surface area contributed by atoms with Gasteiger partial charge in [-0.3, -0.25) is 0 Å². The number of nitrogens with zero attached hydrogens (tertiary/aromatic N) is 1. The van der Waals surface area contributed by atoms with Crippen LogP contribution in [0.5, 0.6) is 5.75 Å². The number of oxime groups is 1. The van der Waals surface area contributed by atoms with Crippen molar-refractivity contribution in [3.8, 4) is 16.9 Å². The molecule has 0 aliphatic carbocycles. The summed E-state index contributed by atoms with van der Waals surface area (Å²) < 4.78 is 5.20. The summed E-state index contributed by atoms with van der Waals surface area (Å²) in [5.41, 5.74) is 4.25. The van der Waals surface area contributed by atoms with Crippen molar-refractivity contribution in [2.75, 3.05) is 13.7 Å². The van der Waals surface area contributed by atoms with Gasteiger partial charge in [0.15, 0.2) is 0 Å². The minimum atomic E-state index is 0. The maximum atomic E-state index is 8.76. The van der Waals surface area contributed by atoms with Crippen molar-refractivity contribution in [3.63, 3.8) is 0 Å². The van der Waals surface area contributed by atoms with Crippen molar-refractivity contribution >= 4 is 10.7 Å². The van der Waals surface area contributed by atoms with E-state index in [1.54, 1.807) is 25.1 Å². The average Bonchev–Trinajstić information content (AvgIpc) is 2.61. The summed E-state index contributed by atoms with van der Waals surface area (Å²) in [6, 6.07) is 14.6. The number of benzene rings is 2. The molecule has 0 atom stereocenters. The van der Waals surface area contributed by atoms with Crippen molar-refractivity contribution in [3.05, 3.63) is 60.5 Å². The number of methoxy groups -OCH3 is 1. The van der Waals surface area contributed by atoms with E-state index in [9.17, 15) is 0 Å². The van der Waals surface area contributed by atoms with Gasteiger partial charge in [0.1, 0.15) is 0 Å². The van der Waals surface area contributed by atoms with Crippen molar-refractivity contribution in [2.45, 2.75) is 6.92 Å². The van der Waals surface area contributed by atoms with Crippen LogP contribution < -0.4 is 4.74 Å². The minimum Gasteiger partial charge on any atom is -0.428 e. The van der Waals surface area contributed by atoms with Gasteiger partial charge in [0.05, 0.1) is 0 Å². The SMILES string of the molecule is COc1ccc(-c2[c-]cc(/C(C)=N/O)cc2)c([CH]=[Ni])c1.[CH2-]CO. The number of aliphatic hydroxyl groups excluding tert-OH is 1. The minimum absolute atomic E-state index is 0. The summed E-state index contributed by atoms with van der Waals surface area (Å²) in [6.07, 6.45) is 0. The maximum absolute atomic E-state index is 8.76. The van der Waals surface area contributed by atoms with E-state index in [0.717, 1.165) is 28.0 Å². The van der Waals surface area contributed by atoms with Crippen LogP contribution in [0, 0.1) is 13.0 Å². The summed E-state index contributed by atoms with van der Waals surface area (Å²) >= 11 is 4.75. The van der Waals surface area contributed by atoms with Crippen LogP contribution >= 0.6 is 0 Å². The Morgan fingerprint density at radius 2 is 2.09 bits per heavy atom. The Bertz CT molecular complexity index is 666. The van der Waals surface area contributed by atoms with Gasteiger partial charge in [-0.05, 0) is 0 Å². The Kier molecular flexibility index (Phi) is 8.24. The van der Waals surface area contributed by atoms with Crippen LogP contribution in [0.15, 0.2) is 41.6 Å². The third-order valence-electron chi connectivity index (χ3n) is 3.03. The standard InChI is InChI=1S/C16H14NO2.C2H5O.Ni/c1-11-10-15(19-3)8-9-16(11)14-6-4-13(5-7-14)12(2)17-18;1-2-3;/h1,4-6,8-10,18H,2-3H3;3H,1-2H2;/q2*-1;/b17-12+;;. The van der Waals surface area contributed by atoms with Gasteiger partial charge in [-0.25, -0.2) is 0 Å². The number of hydrogen-bond acceptors (Lipinski definition) is 4. The Balaban J connectivity index is 0.000000816. The zero-order valence-corrected chi connectivity index (χ0v) is 14.0. The Morgan fingerprint density at radius 3 is 2.57 bits per heavy atom. The summed E-state index contributed by atoms with van der Waals surface area (Å²) in [4.78, 5) is 1.67. The van der Waals surface area contributed by atoms with Crippen LogP contribution in [-0.2, 0) is 15.0 Å². The van der Waals surface area contributed by atoms with Gasteiger partial charge in [0.2, 0.25) is 0 Å².